The van der Waals surface area contributed by atoms with Crippen LogP contribution in [0.25, 0.3) is 0 Å². The average Bonchev–Trinajstić information content (AvgIpc) is 2.58. The molecule has 14 heavy (non-hydrogen) atoms. The molecule has 0 bridgehead atoms. The van der Waals surface area contributed by atoms with Gasteiger partial charge in [0.2, 0.25) is 0 Å². The number of aryl methyl sites for hydroxylation is 1. The molecule has 1 aromatic rings. The second kappa shape index (κ2) is 4.13. The summed E-state index contributed by atoms with van der Waals surface area (Å²) in [6, 6.07) is 0. The second-order valence-corrected chi connectivity index (χ2v) is 3.98. The maximum absolute atomic E-state index is 5.71. The first-order chi connectivity index (χ1) is 6.86. The van der Waals surface area contributed by atoms with Crippen molar-refractivity contribution in [3.8, 4) is 0 Å². The molecular weight excluding hydrogens is 174 g/mol. The van der Waals surface area contributed by atoms with Crippen molar-refractivity contribution in [3.63, 3.8) is 0 Å². The van der Waals surface area contributed by atoms with Crippen LogP contribution in [0.15, 0.2) is 0 Å². The summed E-state index contributed by atoms with van der Waals surface area (Å²) in [7, 11) is 0. The molecule has 0 radical (unpaired) electrons. The van der Waals surface area contributed by atoms with Crippen LogP contribution in [0.3, 0.4) is 0 Å². The molecule has 0 saturated heterocycles. The highest BCUT2D eigenvalue weighted by atomic mass is 15.1. The van der Waals surface area contributed by atoms with E-state index in [2.05, 4.69) is 16.5 Å². The monoisotopic (exact) mass is 193 g/mol. The third kappa shape index (κ3) is 1.57. The summed E-state index contributed by atoms with van der Waals surface area (Å²) in [4.78, 5) is 4.64. The molecule has 1 aromatic heterocycles. The van der Waals surface area contributed by atoms with E-state index in [9.17, 15) is 0 Å². The fraction of sp³-hybridized carbons (Fsp3) is 0.727. The summed E-state index contributed by atoms with van der Waals surface area (Å²) in [6.45, 7) is 3.95. The van der Waals surface area contributed by atoms with Gasteiger partial charge in [-0.3, -0.25) is 0 Å². The van der Waals surface area contributed by atoms with Gasteiger partial charge < -0.3 is 10.3 Å². The maximum Gasteiger partial charge on any atom is 0.109 e. The summed E-state index contributed by atoms with van der Waals surface area (Å²) in [5.74, 6) is 1.25. The molecule has 0 saturated carbocycles. The molecule has 2 heterocycles. The minimum absolute atomic E-state index is 0.596. The van der Waals surface area contributed by atoms with Crippen molar-refractivity contribution in [1.29, 1.82) is 0 Å². The lowest BCUT2D eigenvalue weighted by molar-refractivity contribution is 0.510. The maximum atomic E-state index is 5.71. The van der Waals surface area contributed by atoms with Gasteiger partial charge in [-0.1, -0.05) is 6.92 Å². The van der Waals surface area contributed by atoms with E-state index in [-0.39, 0.29) is 0 Å². The number of hydrogen-bond acceptors (Lipinski definition) is 2. The Morgan fingerprint density at radius 3 is 3.00 bits per heavy atom. The molecule has 1 aliphatic rings. The Morgan fingerprint density at radius 2 is 2.29 bits per heavy atom. The average molecular weight is 193 g/mol. The minimum Gasteiger partial charge on any atom is -0.332 e. The van der Waals surface area contributed by atoms with Crippen LogP contribution in [-0.4, -0.2) is 9.55 Å². The van der Waals surface area contributed by atoms with Crippen LogP contribution >= 0.6 is 0 Å². The molecule has 0 atom stereocenters. The third-order valence-electron chi connectivity index (χ3n) is 2.95. The van der Waals surface area contributed by atoms with Gasteiger partial charge >= 0.3 is 0 Å². The molecule has 0 amide bonds. The van der Waals surface area contributed by atoms with E-state index in [4.69, 9.17) is 5.73 Å². The lowest BCUT2D eigenvalue weighted by Gasteiger charge is -2.17. The Balaban J connectivity index is 2.36. The largest absolute Gasteiger partial charge is 0.332 e. The van der Waals surface area contributed by atoms with Gasteiger partial charge in [0.15, 0.2) is 0 Å². The fourth-order valence-electron chi connectivity index (χ4n) is 2.28. The predicted octanol–water partition coefficient (Wildman–Crippen LogP) is 1.63. The van der Waals surface area contributed by atoms with Crippen LogP contribution in [0.1, 0.15) is 43.4 Å². The van der Waals surface area contributed by atoms with Crippen molar-refractivity contribution in [2.24, 2.45) is 5.73 Å². The zero-order chi connectivity index (χ0) is 9.97. The van der Waals surface area contributed by atoms with E-state index in [0.29, 0.717) is 6.54 Å². The van der Waals surface area contributed by atoms with Crippen LogP contribution in [0.2, 0.25) is 0 Å². The van der Waals surface area contributed by atoms with Crippen molar-refractivity contribution in [3.05, 3.63) is 17.2 Å². The number of imidazole rings is 1. The normalized spacial score (nSPS) is 15.6. The first-order valence-corrected chi connectivity index (χ1v) is 5.64. The Hall–Kier alpha value is -0.830. The quantitative estimate of drug-likeness (QED) is 0.793. The molecule has 78 valence electrons. The number of aromatic nitrogens is 2. The van der Waals surface area contributed by atoms with Gasteiger partial charge in [-0.2, -0.15) is 0 Å². The van der Waals surface area contributed by atoms with Gasteiger partial charge in [0.05, 0.1) is 5.69 Å². The van der Waals surface area contributed by atoms with E-state index in [1.54, 1.807) is 0 Å². The Labute approximate surface area is 85.3 Å². The van der Waals surface area contributed by atoms with Crippen molar-refractivity contribution in [1.82, 2.24) is 9.55 Å². The summed E-state index contributed by atoms with van der Waals surface area (Å²) in [5.41, 5.74) is 8.24. The van der Waals surface area contributed by atoms with Crippen LogP contribution < -0.4 is 5.73 Å². The lowest BCUT2D eigenvalue weighted by Crippen LogP contribution is -2.14. The molecule has 3 nitrogen and oxygen atoms in total. The fourth-order valence-corrected chi connectivity index (χ4v) is 2.28. The van der Waals surface area contributed by atoms with E-state index in [1.807, 2.05) is 0 Å². The predicted molar refractivity (Wildman–Crippen MR) is 57.1 cm³/mol. The van der Waals surface area contributed by atoms with Gasteiger partial charge in [0.25, 0.3) is 0 Å². The minimum atomic E-state index is 0.596. The summed E-state index contributed by atoms with van der Waals surface area (Å²) in [6.07, 6.45) is 6.02. The zero-order valence-electron chi connectivity index (χ0n) is 8.92. The highest BCUT2D eigenvalue weighted by Gasteiger charge is 2.17. The molecule has 0 aromatic carbocycles. The number of hydrogen-bond donors (Lipinski definition) is 1. The number of nitrogens with two attached hydrogens (primary N) is 1. The summed E-state index contributed by atoms with van der Waals surface area (Å²) >= 11 is 0. The first-order valence-electron chi connectivity index (χ1n) is 5.64. The van der Waals surface area contributed by atoms with E-state index >= 15 is 0 Å². The first kappa shape index (κ1) is 9.71. The Kier molecular flexibility index (Phi) is 2.87. The second-order valence-electron chi connectivity index (χ2n) is 3.98. The zero-order valence-corrected chi connectivity index (χ0v) is 8.92. The lowest BCUT2D eigenvalue weighted by atomic mass is 10.1. The molecular formula is C11H19N3. The number of nitrogens with zero attached hydrogens (tertiary/aromatic N) is 2. The van der Waals surface area contributed by atoms with Gasteiger partial charge in [-0.15, -0.1) is 0 Å². The molecule has 2 rings (SSSR count). The highest BCUT2D eigenvalue weighted by Crippen LogP contribution is 2.21. The van der Waals surface area contributed by atoms with Crippen LogP contribution in [0.4, 0.5) is 0 Å². The van der Waals surface area contributed by atoms with E-state index < -0.39 is 0 Å². The molecule has 0 fully saturated rings. The van der Waals surface area contributed by atoms with Crippen molar-refractivity contribution in [2.75, 3.05) is 0 Å². The molecule has 3 heteroatoms. The SMILES string of the molecule is CCCc1nc(CN)c2n1CCCC2. The van der Waals surface area contributed by atoms with Gasteiger partial charge in [0.1, 0.15) is 5.82 Å². The Bertz CT molecular complexity index is 315. The van der Waals surface area contributed by atoms with Gasteiger partial charge in [-0.25, -0.2) is 4.98 Å². The summed E-state index contributed by atoms with van der Waals surface area (Å²) < 4.78 is 2.40. The molecule has 2 N–H and O–H groups in total. The molecule has 0 unspecified atom stereocenters. The van der Waals surface area contributed by atoms with Crippen molar-refractivity contribution < 1.29 is 0 Å². The van der Waals surface area contributed by atoms with Crippen LogP contribution in [0.5, 0.6) is 0 Å². The standard InChI is InChI=1S/C11H19N3/c1-2-5-11-13-9(8-12)10-6-3-4-7-14(10)11/h2-8,12H2,1H3. The third-order valence-corrected chi connectivity index (χ3v) is 2.95. The Morgan fingerprint density at radius 1 is 1.43 bits per heavy atom. The topological polar surface area (TPSA) is 43.8 Å². The van der Waals surface area contributed by atoms with Crippen LogP contribution in [-0.2, 0) is 25.9 Å². The van der Waals surface area contributed by atoms with Gasteiger partial charge in [0, 0.05) is 25.2 Å². The summed E-state index contributed by atoms with van der Waals surface area (Å²) in [5, 5.41) is 0. The van der Waals surface area contributed by atoms with E-state index in [1.165, 1.54) is 37.2 Å². The highest BCUT2D eigenvalue weighted by molar-refractivity contribution is 5.19. The number of fused-ring (bicyclic) bond motifs is 1. The van der Waals surface area contributed by atoms with E-state index in [0.717, 1.165) is 18.7 Å². The smallest absolute Gasteiger partial charge is 0.109 e. The van der Waals surface area contributed by atoms with Crippen molar-refractivity contribution >= 4 is 0 Å². The molecule has 1 aliphatic heterocycles. The number of rotatable bonds is 3. The molecule has 0 aliphatic carbocycles. The van der Waals surface area contributed by atoms with Crippen LogP contribution in [0, 0.1) is 0 Å². The van der Waals surface area contributed by atoms with Crippen molar-refractivity contribution in [2.45, 2.75) is 52.1 Å². The van der Waals surface area contributed by atoms with Gasteiger partial charge in [-0.05, 0) is 25.7 Å². The molecule has 0 spiro atoms.